The van der Waals surface area contributed by atoms with E-state index in [1.54, 1.807) is 36.2 Å². The lowest BCUT2D eigenvalue weighted by molar-refractivity contribution is 0.0592. The highest BCUT2D eigenvalue weighted by Gasteiger charge is 2.19. The van der Waals surface area contributed by atoms with Crippen molar-refractivity contribution in [3.8, 4) is 11.7 Å². The largest absolute Gasteiger partial charge is 0.497 e. The summed E-state index contributed by atoms with van der Waals surface area (Å²) in [5.41, 5.74) is 1.18. The second-order valence-corrected chi connectivity index (χ2v) is 4.33. The van der Waals surface area contributed by atoms with Gasteiger partial charge in [-0.25, -0.2) is 14.8 Å². The number of esters is 1. The van der Waals surface area contributed by atoms with Crippen molar-refractivity contribution in [2.45, 2.75) is 0 Å². The molecule has 0 aliphatic rings. The Bertz CT molecular complexity index is 797. The molecule has 3 rings (SSSR count). The molecule has 0 N–H and O–H groups in total. The standard InChI is InChI=1S/C15H13N3O3/c1-20-11-4-5-12-10(8-11)9-13(14(19)21-2)18(12)15-16-6-3-7-17-15/h3-9H,1-2H3. The van der Waals surface area contributed by atoms with Crippen LogP contribution < -0.4 is 4.74 Å². The van der Waals surface area contributed by atoms with Crippen LogP contribution in [0.3, 0.4) is 0 Å². The third-order valence-corrected chi connectivity index (χ3v) is 3.16. The number of benzene rings is 1. The van der Waals surface area contributed by atoms with Gasteiger partial charge in [0.25, 0.3) is 0 Å². The first-order valence-electron chi connectivity index (χ1n) is 6.30. The minimum atomic E-state index is -0.447. The number of rotatable bonds is 3. The fourth-order valence-electron chi connectivity index (χ4n) is 2.20. The zero-order valence-corrected chi connectivity index (χ0v) is 11.6. The highest BCUT2D eigenvalue weighted by Crippen LogP contribution is 2.26. The van der Waals surface area contributed by atoms with Crippen molar-refractivity contribution in [2.75, 3.05) is 14.2 Å². The summed E-state index contributed by atoms with van der Waals surface area (Å²) in [7, 11) is 2.94. The molecule has 2 heterocycles. The summed E-state index contributed by atoms with van der Waals surface area (Å²) >= 11 is 0. The molecule has 2 aromatic heterocycles. The molecule has 1 aromatic carbocycles. The number of aromatic nitrogens is 3. The van der Waals surface area contributed by atoms with Crippen molar-refractivity contribution in [3.63, 3.8) is 0 Å². The first-order valence-corrected chi connectivity index (χ1v) is 6.30. The van der Waals surface area contributed by atoms with E-state index in [0.717, 1.165) is 10.9 Å². The average Bonchev–Trinajstić information content (AvgIpc) is 2.93. The predicted octanol–water partition coefficient (Wildman–Crippen LogP) is 2.22. The fraction of sp³-hybridized carbons (Fsp3) is 0.133. The van der Waals surface area contributed by atoms with Crippen molar-refractivity contribution < 1.29 is 14.3 Å². The van der Waals surface area contributed by atoms with Gasteiger partial charge in [0.1, 0.15) is 11.4 Å². The van der Waals surface area contributed by atoms with Crippen LogP contribution in [-0.4, -0.2) is 34.7 Å². The average molecular weight is 283 g/mol. The van der Waals surface area contributed by atoms with Crippen LogP contribution in [0.4, 0.5) is 0 Å². The van der Waals surface area contributed by atoms with Crippen molar-refractivity contribution in [3.05, 3.63) is 48.4 Å². The van der Waals surface area contributed by atoms with Gasteiger partial charge in [-0.1, -0.05) is 0 Å². The second kappa shape index (κ2) is 5.24. The number of methoxy groups -OCH3 is 2. The summed E-state index contributed by atoms with van der Waals surface area (Å²) in [6.07, 6.45) is 3.25. The topological polar surface area (TPSA) is 66.2 Å². The molecule has 3 aromatic rings. The monoisotopic (exact) mass is 283 g/mol. The second-order valence-electron chi connectivity index (χ2n) is 4.33. The first-order chi connectivity index (χ1) is 10.2. The Morgan fingerprint density at radius 1 is 1.14 bits per heavy atom. The van der Waals surface area contributed by atoms with Gasteiger partial charge in [-0.05, 0) is 30.3 Å². The molecule has 0 atom stereocenters. The predicted molar refractivity (Wildman–Crippen MR) is 76.8 cm³/mol. The maximum Gasteiger partial charge on any atom is 0.355 e. The molecule has 0 aliphatic carbocycles. The van der Waals surface area contributed by atoms with E-state index >= 15 is 0 Å². The van der Waals surface area contributed by atoms with Gasteiger partial charge in [-0.2, -0.15) is 0 Å². The van der Waals surface area contributed by atoms with Crippen molar-refractivity contribution >= 4 is 16.9 Å². The van der Waals surface area contributed by atoms with Crippen LogP contribution in [0.2, 0.25) is 0 Å². The summed E-state index contributed by atoms with van der Waals surface area (Å²) in [5.74, 6) is 0.681. The number of nitrogens with zero attached hydrogens (tertiary/aromatic N) is 3. The van der Waals surface area contributed by atoms with Crippen LogP contribution in [0.15, 0.2) is 42.7 Å². The highest BCUT2D eigenvalue weighted by atomic mass is 16.5. The fourth-order valence-corrected chi connectivity index (χ4v) is 2.20. The number of carbonyl (C=O) groups is 1. The molecule has 0 unspecified atom stereocenters. The molecule has 0 spiro atoms. The molecule has 0 radical (unpaired) electrons. The van der Waals surface area contributed by atoms with E-state index in [0.29, 0.717) is 17.4 Å². The maximum atomic E-state index is 12.0. The molecule has 106 valence electrons. The van der Waals surface area contributed by atoms with E-state index in [9.17, 15) is 4.79 Å². The lowest BCUT2D eigenvalue weighted by atomic mass is 10.2. The van der Waals surface area contributed by atoms with Gasteiger partial charge in [0.2, 0.25) is 5.95 Å². The van der Waals surface area contributed by atoms with Crippen LogP contribution in [0.5, 0.6) is 5.75 Å². The molecule has 6 nitrogen and oxygen atoms in total. The smallest absolute Gasteiger partial charge is 0.355 e. The number of hydrogen-bond acceptors (Lipinski definition) is 5. The molecule has 6 heteroatoms. The minimum Gasteiger partial charge on any atom is -0.497 e. The number of carbonyl (C=O) groups excluding carboxylic acids is 1. The summed E-state index contributed by atoms with van der Waals surface area (Å²) < 4.78 is 11.7. The van der Waals surface area contributed by atoms with Crippen LogP contribution in [0, 0.1) is 0 Å². The molecule has 0 bridgehead atoms. The summed E-state index contributed by atoms with van der Waals surface area (Å²) in [6.45, 7) is 0. The van der Waals surface area contributed by atoms with E-state index in [-0.39, 0.29) is 0 Å². The molecular weight excluding hydrogens is 270 g/mol. The van der Waals surface area contributed by atoms with Crippen molar-refractivity contribution in [1.82, 2.24) is 14.5 Å². The van der Waals surface area contributed by atoms with Gasteiger partial charge in [0.05, 0.1) is 19.7 Å². The Hall–Kier alpha value is -2.89. The minimum absolute atomic E-state index is 0.368. The molecule has 21 heavy (non-hydrogen) atoms. The third-order valence-electron chi connectivity index (χ3n) is 3.16. The summed E-state index contributed by atoms with van der Waals surface area (Å²) in [4.78, 5) is 20.4. The third kappa shape index (κ3) is 2.20. The van der Waals surface area contributed by atoms with E-state index in [4.69, 9.17) is 9.47 Å². The Morgan fingerprint density at radius 3 is 2.57 bits per heavy atom. The Labute approximate surface area is 121 Å². The van der Waals surface area contributed by atoms with Crippen LogP contribution >= 0.6 is 0 Å². The van der Waals surface area contributed by atoms with E-state index < -0.39 is 5.97 Å². The van der Waals surface area contributed by atoms with Gasteiger partial charge >= 0.3 is 5.97 Å². The first kappa shape index (κ1) is 13.1. The van der Waals surface area contributed by atoms with Crippen LogP contribution in [0.1, 0.15) is 10.5 Å². The molecule has 0 fully saturated rings. The summed E-state index contributed by atoms with van der Waals surface area (Å²) in [6, 6.07) is 8.98. The number of hydrogen-bond donors (Lipinski definition) is 0. The van der Waals surface area contributed by atoms with E-state index in [2.05, 4.69) is 9.97 Å². The van der Waals surface area contributed by atoms with Gasteiger partial charge in [0.15, 0.2) is 0 Å². The molecule has 0 saturated heterocycles. The van der Waals surface area contributed by atoms with Crippen molar-refractivity contribution in [1.29, 1.82) is 0 Å². The maximum absolute atomic E-state index is 12.0. The van der Waals surface area contributed by atoms with Crippen LogP contribution in [-0.2, 0) is 4.74 Å². The highest BCUT2D eigenvalue weighted by molar-refractivity contribution is 5.97. The Kier molecular flexibility index (Phi) is 3.27. The van der Waals surface area contributed by atoms with Gasteiger partial charge < -0.3 is 9.47 Å². The number of ether oxygens (including phenoxy) is 2. The van der Waals surface area contributed by atoms with Gasteiger partial charge in [-0.3, -0.25) is 4.57 Å². The van der Waals surface area contributed by atoms with Crippen LogP contribution in [0.25, 0.3) is 16.9 Å². The Balaban J connectivity index is 2.31. The lowest BCUT2D eigenvalue weighted by Crippen LogP contribution is -2.11. The molecule has 0 aliphatic heterocycles. The quantitative estimate of drug-likeness (QED) is 0.689. The van der Waals surface area contributed by atoms with E-state index in [1.807, 2.05) is 18.2 Å². The normalized spacial score (nSPS) is 10.6. The number of fused-ring (bicyclic) bond motifs is 1. The Morgan fingerprint density at radius 2 is 1.90 bits per heavy atom. The van der Waals surface area contributed by atoms with Crippen molar-refractivity contribution in [2.24, 2.45) is 0 Å². The SMILES string of the molecule is COC(=O)c1cc2cc(OC)ccc2n1-c1ncccn1. The molecule has 0 saturated carbocycles. The van der Waals surface area contributed by atoms with Gasteiger partial charge in [0, 0.05) is 17.8 Å². The van der Waals surface area contributed by atoms with Gasteiger partial charge in [-0.15, -0.1) is 0 Å². The summed E-state index contributed by atoms with van der Waals surface area (Å²) in [5, 5.41) is 0.849. The zero-order valence-electron chi connectivity index (χ0n) is 11.6. The molecule has 0 amide bonds. The van der Waals surface area contributed by atoms with E-state index in [1.165, 1.54) is 7.11 Å². The lowest BCUT2D eigenvalue weighted by Gasteiger charge is -2.07. The zero-order chi connectivity index (χ0) is 14.8. The molecular formula is C15H13N3O3.